The lowest BCUT2D eigenvalue weighted by atomic mass is 10.3. The number of rotatable bonds is 1. The highest BCUT2D eigenvalue weighted by atomic mass is 35.5. The Hall–Kier alpha value is -2.08. The van der Waals surface area contributed by atoms with Crippen molar-refractivity contribution >= 4 is 17.2 Å². The minimum Gasteiger partial charge on any atom is -0.253 e. The number of aryl methyl sites for hydroxylation is 1. The maximum Gasteiger partial charge on any atom is 0.202 e. The summed E-state index contributed by atoms with van der Waals surface area (Å²) in [5.74, 6) is 0.576. The summed E-state index contributed by atoms with van der Waals surface area (Å²) in [7, 11) is 0. The fourth-order valence-electron chi connectivity index (χ4n) is 1.54. The second kappa shape index (κ2) is 3.74. The van der Waals surface area contributed by atoms with Crippen LogP contribution in [0.25, 0.3) is 17.2 Å². The van der Waals surface area contributed by atoms with Crippen molar-refractivity contribution in [2.75, 3.05) is 0 Å². The molecule has 0 spiro atoms. The van der Waals surface area contributed by atoms with Crippen LogP contribution in [0.5, 0.6) is 0 Å². The molecule has 3 aromatic heterocycles. The predicted molar refractivity (Wildman–Crippen MR) is 61.6 cm³/mol. The summed E-state index contributed by atoms with van der Waals surface area (Å²) < 4.78 is 1.48. The third-order valence-corrected chi connectivity index (χ3v) is 2.79. The van der Waals surface area contributed by atoms with E-state index in [2.05, 4.69) is 25.5 Å². The number of tetrazole rings is 1. The van der Waals surface area contributed by atoms with Gasteiger partial charge in [-0.3, -0.25) is 4.98 Å². The molecule has 3 heterocycles. The SMILES string of the molecule is Cc1nc(-c2ccccn2)n2nnnc2c1Cl. The smallest absolute Gasteiger partial charge is 0.202 e. The average Bonchev–Trinajstić information content (AvgIpc) is 2.84. The van der Waals surface area contributed by atoms with Gasteiger partial charge in [-0.2, -0.15) is 4.52 Å². The quantitative estimate of drug-likeness (QED) is 0.652. The van der Waals surface area contributed by atoms with Crippen LogP contribution in [-0.2, 0) is 0 Å². The molecule has 0 radical (unpaired) electrons. The summed E-state index contributed by atoms with van der Waals surface area (Å²) in [5.41, 5.74) is 1.86. The summed E-state index contributed by atoms with van der Waals surface area (Å²) in [4.78, 5) is 8.60. The van der Waals surface area contributed by atoms with E-state index in [4.69, 9.17) is 11.6 Å². The van der Waals surface area contributed by atoms with E-state index in [0.29, 0.717) is 27.9 Å². The minimum absolute atomic E-state index is 0.453. The number of fused-ring (bicyclic) bond motifs is 1. The molecule has 0 aliphatic rings. The molecule has 84 valence electrons. The fraction of sp³-hybridized carbons (Fsp3) is 0.100. The number of nitrogens with zero attached hydrogens (tertiary/aromatic N) is 6. The van der Waals surface area contributed by atoms with Crippen molar-refractivity contribution < 1.29 is 0 Å². The lowest BCUT2D eigenvalue weighted by molar-refractivity contribution is 0.811. The van der Waals surface area contributed by atoms with Gasteiger partial charge in [-0.25, -0.2) is 4.98 Å². The lowest BCUT2D eigenvalue weighted by Gasteiger charge is -2.04. The molecule has 0 aromatic carbocycles. The zero-order chi connectivity index (χ0) is 11.8. The Balaban J connectivity index is 2.38. The van der Waals surface area contributed by atoms with Crippen molar-refractivity contribution in [3.05, 3.63) is 35.1 Å². The molecule has 0 saturated carbocycles. The molecule has 17 heavy (non-hydrogen) atoms. The molecule has 0 fully saturated rings. The van der Waals surface area contributed by atoms with Gasteiger partial charge in [0.15, 0.2) is 5.82 Å². The van der Waals surface area contributed by atoms with E-state index in [-0.39, 0.29) is 0 Å². The molecule has 0 amide bonds. The van der Waals surface area contributed by atoms with Crippen LogP contribution in [0.3, 0.4) is 0 Å². The van der Waals surface area contributed by atoms with Crippen LogP contribution in [0, 0.1) is 6.92 Å². The van der Waals surface area contributed by atoms with Gasteiger partial charge in [0.1, 0.15) is 10.7 Å². The molecular formula is C10H7ClN6. The fourth-order valence-corrected chi connectivity index (χ4v) is 1.70. The Kier molecular flexibility index (Phi) is 2.22. The van der Waals surface area contributed by atoms with Gasteiger partial charge in [0, 0.05) is 6.20 Å². The van der Waals surface area contributed by atoms with E-state index in [9.17, 15) is 0 Å². The van der Waals surface area contributed by atoms with E-state index < -0.39 is 0 Å². The van der Waals surface area contributed by atoms with Crippen LogP contribution in [0.1, 0.15) is 5.69 Å². The van der Waals surface area contributed by atoms with Gasteiger partial charge in [-0.05, 0) is 29.5 Å². The number of pyridine rings is 1. The van der Waals surface area contributed by atoms with Gasteiger partial charge in [0.05, 0.1) is 5.69 Å². The first-order chi connectivity index (χ1) is 8.27. The van der Waals surface area contributed by atoms with E-state index >= 15 is 0 Å². The molecule has 6 nitrogen and oxygen atoms in total. The van der Waals surface area contributed by atoms with Gasteiger partial charge in [0.25, 0.3) is 0 Å². The highest BCUT2D eigenvalue weighted by Gasteiger charge is 2.14. The minimum atomic E-state index is 0.453. The molecule has 0 aliphatic heterocycles. The topological polar surface area (TPSA) is 68.9 Å². The summed E-state index contributed by atoms with van der Waals surface area (Å²) in [5, 5.41) is 11.8. The van der Waals surface area contributed by atoms with Gasteiger partial charge in [0.2, 0.25) is 5.65 Å². The Labute approximate surface area is 101 Å². The van der Waals surface area contributed by atoms with Gasteiger partial charge in [-0.1, -0.05) is 17.7 Å². The third-order valence-electron chi connectivity index (χ3n) is 2.35. The van der Waals surface area contributed by atoms with E-state index in [0.717, 1.165) is 0 Å². The van der Waals surface area contributed by atoms with Crippen molar-refractivity contribution in [1.29, 1.82) is 0 Å². The van der Waals surface area contributed by atoms with Gasteiger partial charge < -0.3 is 0 Å². The van der Waals surface area contributed by atoms with E-state index in [1.165, 1.54) is 4.52 Å². The summed E-state index contributed by atoms with van der Waals surface area (Å²) in [6.45, 7) is 1.81. The van der Waals surface area contributed by atoms with Crippen molar-refractivity contribution in [3.63, 3.8) is 0 Å². The Morgan fingerprint density at radius 3 is 2.94 bits per heavy atom. The van der Waals surface area contributed by atoms with Crippen molar-refractivity contribution in [2.45, 2.75) is 6.92 Å². The Morgan fingerprint density at radius 2 is 2.18 bits per heavy atom. The van der Waals surface area contributed by atoms with Crippen molar-refractivity contribution in [1.82, 2.24) is 30.0 Å². The van der Waals surface area contributed by atoms with Gasteiger partial charge >= 0.3 is 0 Å². The molecule has 0 bridgehead atoms. The molecular weight excluding hydrogens is 240 g/mol. The number of aromatic nitrogens is 6. The van der Waals surface area contributed by atoms with E-state index in [1.54, 1.807) is 6.20 Å². The molecule has 0 saturated heterocycles. The summed E-state index contributed by atoms with van der Waals surface area (Å²) in [6, 6.07) is 5.56. The average molecular weight is 247 g/mol. The summed E-state index contributed by atoms with van der Waals surface area (Å²) in [6.07, 6.45) is 1.69. The number of hydrogen-bond donors (Lipinski definition) is 0. The van der Waals surface area contributed by atoms with Crippen LogP contribution in [0.2, 0.25) is 5.02 Å². The second-order valence-electron chi connectivity index (χ2n) is 3.46. The van der Waals surface area contributed by atoms with E-state index in [1.807, 2.05) is 25.1 Å². The zero-order valence-corrected chi connectivity index (χ0v) is 9.63. The Bertz CT molecular complexity index is 678. The zero-order valence-electron chi connectivity index (χ0n) is 8.87. The first kappa shape index (κ1) is 10.1. The molecule has 3 rings (SSSR count). The number of halogens is 1. The molecule has 0 unspecified atom stereocenters. The lowest BCUT2D eigenvalue weighted by Crippen LogP contribution is -2.02. The van der Waals surface area contributed by atoms with Crippen LogP contribution in [0.15, 0.2) is 24.4 Å². The highest BCUT2D eigenvalue weighted by molar-refractivity contribution is 6.34. The highest BCUT2D eigenvalue weighted by Crippen LogP contribution is 2.22. The molecule has 0 atom stereocenters. The van der Waals surface area contributed by atoms with Crippen LogP contribution >= 0.6 is 11.6 Å². The molecule has 0 N–H and O–H groups in total. The third kappa shape index (κ3) is 1.53. The van der Waals surface area contributed by atoms with Crippen LogP contribution < -0.4 is 0 Å². The largest absolute Gasteiger partial charge is 0.253 e. The van der Waals surface area contributed by atoms with Crippen LogP contribution in [-0.4, -0.2) is 30.0 Å². The molecule has 3 aromatic rings. The maximum absolute atomic E-state index is 6.08. The van der Waals surface area contributed by atoms with Crippen molar-refractivity contribution in [2.24, 2.45) is 0 Å². The first-order valence-corrected chi connectivity index (χ1v) is 5.31. The maximum atomic E-state index is 6.08. The monoisotopic (exact) mass is 246 g/mol. The molecule has 0 aliphatic carbocycles. The standard InChI is InChI=1S/C10H7ClN6/c1-6-8(11)10-14-15-16-17(10)9(13-6)7-4-2-3-5-12-7/h2-5H,1H3. The first-order valence-electron chi connectivity index (χ1n) is 4.93. The van der Waals surface area contributed by atoms with Crippen molar-refractivity contribution in [3.8, 4) is 11.5 Å². The Morgan fingerprint density at radius 1 is 1.29 bits per heavy atom. The summed E-state index contributed by atoms with van der Waals surface area (Å²) >= 11 is 6.08. The van der Waals surface area contributed by atoms with Gasteiger partial charge in [-0.15, -0.1) is 5.10 Å². The normalized spacial score (nSPS) is 10.9. The predicted octanol–water partition coefficient (Wildman–Crippen LogP) is 1.54. The number of hydrogen-bond acceptors (Lipinski definition) is 5. The second-order valence-corrected chi connectivity index (χ2v) is 3.84. The molecule has 7 heteroatoms. The van der Waals surface area contributed by atoms with Crippen LogP contribution in [0.4, 0.5) is 0 Å².